The lowest BCUT2D eigenvalue weighted by Gasteiger charge is -2.33. The molecule has 1 aromatic rings. The summed E-state index contributed by atoms with van der Waals surface area (Å²) in [6, 6.07) is 3.49. The van der Waals surface area contributed by atoms with E-state index in [1.165, 1.54) is 12.1 Å². The maximum absolute atomic E-state index is 13.3. The number of carbonyl (C=O) groups is 1. The highest BCUT2D eigenvalue weighted by Crippen LogP contribution is 2.34. The van der Waals surface area contributed by atoms with Crippen molar-refractivity contribution in [2.75, 3.05) is 24.5 Å². The number of hydrogen-bond donors (Lipinski definition) is 2. The van der Waals surface area contributed by atoms with Crippen LogP contribution in [0.3, 0.4) is 0 Å². The Bertz CT molecular complexity index is 808. The largest absolute Gasteiger partial charge is 0.480 e. The lowest BCUT2D eigenvalue weighted by atomic mass is 10.1. The Balaban J connectivity index is 1.78. The van der Waals surface area contributed by atoms with Gasteiger partial charge in [0.05, 0.1) is 15.2 Å². The number of halogens is 3. The van der Waals surface area contributed by atoms with E-state index >= 15 is 0 Å². The van der Waals surface area contributed by atoms with Gasteiger partial charge in [-0.3, -0.25) is 4.79 Å². The Kier molecular flexibility index (Phi) is 5.15. The number of rotatable bonds is 4. The van der Waals surface area contributed by atoms with E-state index in [1.54, 1.807) is 11.0 Å². The summed E-state index contributed by atoms with van der Waals surface area (Å²) in [7, 11) is -3.80. The van der Waals surface area contributed by atoms with Crippen LogP contribution in [0.15, 0.2) is 23.1 Å². The number of nitrogens with one attached hydrogen (secondary N) is 1. The highest BCUT2D eigenvalue weighted by atomic mass is 35.5. The third-order valence-corrected chi connectivity index (χ3v) is 7.54. The predicted molar refractivity (Wildman–Crippen MR) is 92.9 cm³/mol. The Hall–Kier alpha value is -1.45. The fourth-order valence-electron chi connectivity index (χ4n) is 3.32. The molecule has 10 heteroatoms. The standard InChI is InChI=1S/C16H19ClF2N2O4S/c17-12-7-10(21-5-3-16(18,19)4-6-21)1-2-14(12)26(24,25)11-8-13(15(22)23)20-9-11/h1-2,7,11,13,20H,3-6,8-9H2,(H,22,23)/t11-,13+/m1/s1. The first-order valence-corrected chi connectivity index (χ1v) is 10.1. The first-order chi connectivity index (χ1) is 12.1. The lowest BCUT2D eigenvalue weighted by Crippen LogP contribution is -2.39. The summed E-state index contributed by atoms with van der Waals surface area (Å²) in [4.78, 5) is 12.7. The molecule has 2 heterocycles. The number of aliphatic carboxylic acids is 1. The fourth-order valence-corrected chi connectivity index (χ4v) is 5.52. The van der Waals surface area contributed by atoms with E-state index in [0.29, 0.717) is 5.69 Å². The average Bonchev–Trinajstić information content (AvgIpc) is 3.05. The second-order valence-electron chi connectivity index (χ2n) is 6.66. The van der Waals surface area contributed by atoms with Gasteiger partial charge in [0, 0.05) is 38.2 Å². The smallest absolute Gasteiger partial charge is 0.320 e. The molecule has 0 spiro atoms. The van der Waals surface area contributed by atoms with Crippen LogP contribution in [-0.4, -0.2) is 56.3 Å². The third kappa shape index (κ3) is 3.79. The van der Waals surface area contributed by atoms with Crippen LogP contribution in [-0.2, 0) is 14.6 Å². The number of carboxylic acids is 1. The first kappa shape index (κ1) is 19.3. The molecule has 0 unspecified atom stereocenters. The van der Waals surface area contributed by atoms with Crippen molar-refractivity contribution in [2.45, 2.75) is 41.4 Å². The molecule has 0 radical (unpaired) electrons. The summed E-state index contributed by atoms with van der Waals surface area (Å²) in [5, 5.41) is 10.8. The fraction of sp³-hybridized carbons (Fsp3) is 0.562. The second kappa shape index (κ2) is 6.94. The van der Waals surface area contributed by atoms with Crippen LogP contribution < -0.4 is 10.2 Å². The second-order valence-corrected chi connectivity index (χ2v) is 9.26. The van der Waals surface area contributed by atoms with E-state index in [2.05, 4.69) is 5.32 Å². The van der Waals surface area contributed by atoms with Crippen LogP contribution in [0, 0.1) is 0 Å². The molecule has 0 aliphatic carbocycles. The highest BCUT2D eigenvalue weighted by Gasteiger charge is 2.39. The predicted octanol–water partition coefficient (Wildman–Crippen LogP) is 2.16. The van der Waals surface area contributed by atoms with Crippen molar-refractivity contribution in [3.63, 3.8) is 0 Å². The minimum Gasteiger partial charge on any atom is -0.480 e. The van der Waals surface area contributed by atoms with Gasteiger partial charge in [0.25, 0.3) is 5.92 Å². The Labute approximate surface area is 155 Å². The highest BCUT2D eigenvalue weighted by molar-refractivity contribution is 7.92. The maximum Gasteiger partial charge on any atom is 0.320 e. The Morgan fingerprint density at radius 1 is 1.31 bits per heavy atom. The molecule has 2 saturated heterocycles. The normalized spacial score (nSPS) is 26.0. The molecule has 1 aromatic carbocycles. The monoisotopic (exact) mass is 408 g/mol. The summed E-state index contributed by atoms with van der Waals surface area (Å²) in [6.07, 6.45) is -0.541. The topological polar surface area (TPSA) is 86.7 Å². The third-order valence-electron chi connectivity index (χ3n) is 4.91. The van der Waals surface area contributed by atoms with Crippen LogP contribution in [0.25, 0.3) is 0 Å². The zero-order valence-electron chi connectivity index (χ0n) is 13.8. The molecule has 0 saturated carbocycles. The van der Waals surface area contributed by atoms with Crippen molar-refractivity contribution in [1.29, 1.82) is 0 Å². The number of alkyl halides is 2. The minimum absolute atomic E-state index is 0.0126. The molecule has 2 aliphatic heterocycles. The summed E-state index contributed by atoms with van der Waals surface area (Å²) in [5.41, 5.74) is 0.595. The average molecular weight is 409 g/mol. The molecule has 2 N–H and O–H groups in total. The molecule has 0 bridgehead atoms. The summed E-state index contributed by atoms with van der Waals surface area (Å²) in [5.74, 6) is -3.76. The number of carboxylic acid groups (broad SMARTS) is 1. The van der Waals surface area contributed by atoms with Crippen molar-refractivity contribution in [3.05, 3.63) is 23.2 Å². The summed E-state index contributed by atoms with van der Waals surface area (Å²) >= 11 is 6.18. The number of piperidine rings is 1. The van der Waals surface area contributed by atoms with Crippen molar-refractivity contribution in [3.8, 4) is 0 Å². The van der Waals surface area contributed by atoms with Crippen molar-refractivity contribution in [2.24, 2.45) is 0 Å². The molecule has 2 atom stereocenters. The van der Waals surface area contributed by atoms with Crippen molar-refractivity contribution in [1.82, 2.24) is 5.32 Å². The van der Waals surface area contributed by atoms with Gasteiger partial charge in [0.1, 0.15) is 6.04 Å². The minimum atomic E-state index is -3.80. The first-order valence-electron chi connectivity index (χ1n) is 8.22. The van der Waals surface area contributed by atoms with Crippen molar-refractivity contribution >= 4 is 33.1 Å². The summed E-state index contributed by atoms with van der Waals surface area (Å²) in [6.45, 7) is 0.378. The van der Waals surface area contributed by atoms with E-state index in [9.17, 15) is 22.0 Å². The number of sulfone groups is 1. The molecular weight excluding hydrogens is 390 g/mol. The van der Waals surface area contributed by atoms with Gasteiger partial charge in [-0.15, -0.1) is 0 Å². The van der Waals surface area contributed by atoms with Crippen LogP contribution >= 0.6 is 11.6 Å². The van der Waals surface area contributed by atoms with Gasteiger partial charge in [-0.1, -0.05) is 11.6 Å². The zero-order chi connectivity index (χ0) is 19.1. The van der Waals surface area contributed by atoms with E-state index in [1.807, 2.05) is 0 Å². The van der Waals surface area contributed by atoms with Gasteiger partial charge in [-0.2, -0.15) is 0 Å². The van der Waals surface area contributed by atoms with E-state index in [4.69, 9.17) is 16.7 Å². The molecule has 26 heavy (non-hydrogen) atoms. The number of anilines is 1. The number of benzene rings is 1. The van der Waals surface area contributed by atoms with E-state index in [-0.39, 0.29) is 48.8 Å². The van der Waals surface area contributed by atoms with Crippen LogP contribution in [0.4, 0.5) is 14.5 Å². The zero-order valence-corrected chi connectivity index (χ0v) is 15.4. The van der Waals surface area contributed by atoms with Gasteiger partial charge >= 0.3 is 5.97 Å². The van der Waals surface area contributed by atoms with Gasteiger partial charge in [0.2, 0.25) is 0 Å². The van der Waals surface area contributed by atoms with Crippen molar-refractivity contribution < 1.29 is 27.1 Å². The molecule has 144 valence electrons. The number of nitrogens with zero attached hydrogens (tertiary/aromatic N) is 1. The molecular formula is C16H19ClF2N2O4S. The molecule has 2 aliphatic rings. The maximum atomic E-state index is 13.3. The van der Waals surface area contributed by atoms with E-state index in [0.717, 1.165) is 0 Å². The molecule has 0 aromatic heterocycles. The molecule has 2 fully saturated rings. The van der Waals surface area contributed by atoms with E-state index < -0.39 is 33.0 Å². The molecule has 0 amide bonds. The number of hydrogen-bond acceptors (Lipinski definition) is 5. The quantitative estimate of drug-likeness (QED) is 0.794. The van der Waals surface area contributed by atoms with Crippen LogP contribution in [0.1, 0.15) is 19.3 Å². The van der Waals surface area contributed by atoms with Gasteiger partial charge in [-0.05, 0) is 24.6 Å². The lowest BCUT2D eigenvalue weighted by molar-refractivity contribution is -0.139. The van der Waals surface area contributed by atoms with Crippen LogP contribution in [0.2, 0.25) is 5.02 Å². The van der Waals surface area contributed by atoms with Gasteiger partial charge in [-0.25, -0.2) is 17.2 Å². The van der Waals surface area contributed by atoms with Crippen LogP contribution in [0.5, 0.6) is 0 Å². The SMILES string of the molecule is O=C(O)[C@@H]1C[C@@H](S(=O)(=O)c2ccc(N3CCC(F)(F)CC3)cc2Cl)CN1. The van der Waals surface area contributed by atoms with Gasteiger partial charge < -0.3 is 15.3 Å². The summed E-state index contributed by atoms with van der Waals surface area (Å²) < 4.78 is 52.1. The Morgan fingerprint density at radius 3 is 2.50 bits per heavy atom. The molecule has 3 rings (SSSR count). The van der Waals surface area contributed by atoms with Gasteiger partial charge in [0.15, 0.2) is 9.84 Å². The molecule has 6 nitrogen and oxygen atoms in total. The Morgan fingerprint density at radius 2 is 1.96 bits per heavy atom.